The van der Waals surface area contributed by atoms with Crippen molar-refractivity contribution in [3.63, 3.8) is 0 Å². The Morgan fingerprint density at radius 3 is 2.95 bits per heavy atom. The molecule has 0 spiro atoms. The number of amidine groups is 1. The number of nitrogens with one attached hydrogen (secondary N) is 1. The van der Waals surface area contributed by atoms with Crippen LogP contribution in [0.1, 0.15) is 36.8 Å². The van der Waals surface area contributed by atoms with Crippen molar-refractivity contribution in [1.82, 2.24) is 5.32 Å². The molecule has 2 unspecified atom stereocenters. The summed E-state index contributed by atoms with van der Waals surface area (Å²) in [6.45, 7) is 1.99. The van der Waals surface area contributed by atoms with Gasteiger partial charge in [0.2, 0.25) is 5.91 Å². The number of rotatable bonds is 5. The summed E-state index contributed by atoms with van der Waals surface area (Å²) < 4.78 is 0. The molecule has 1 aliphatic carbocycles. The van der Waals surface area contributed by atoms with E-state index in [2.05, 4.69) is 10.5 Å². The van der Waals surface area contributed by atoms with Crippen molar-refractivity contribution < 1.29 is 10.0 Å². The second-order valence-corrected chi connectivity index (χ2v) is 4.83. The van der Waals surface area contributed by atoms with Gasteiger partial charge >= 0.3 is 0 Å². The van der Waals surface area contributed by atoms with Gasteiger partial charge in [0.25, 0.3) is 0 Å². The van der Waals surface area contributed by atoms with Crippen molar-refractivity contribution in [2.45, 2.75) is 38.1 Å². The largest absolute Gasteiger partial charge is 0.409 e. The Morgan fingerprint density at radius 2 is 2.32 bits per heavy atom. The van der Waals surface area contributed by atoms with Gasteiger partial charge in [-0.3, -0.25) is 4.79 Å². The third-order valence-corrected chi connectivity index (χ3v) is 3.54. The number of hydrogen-bond donors (Lipinski definition) is 3. The summed E-state index contributed by atoms with van der Waals surface area (Å²) >= 11 is 0. The molecule has 19 heavy (non-hydrogen) atoms. The number of carbonyl (C=O) groups excluding carboxylic acids is 1. The first-order chi connectivity index (χ1) is 9.17. The van der Waals surface area contributed by atoms with Gasteiger partial charge < -0.3 is 16.3 Å². The van der Waals surface area contributed by atoms with Crippen LogP contribution in [0.2, 0.25) is 0 Å². The summed E-state index contributed by atoms with van der Waals surface area (Å²) in [7, 11) is 0. The lowest BCUT2D eigenvalue weighted by Gasteiger charge is -2.30. The molecule has 0 saturated carbocycles. The van der Waals surface area contributed by atoms with Crippen LogP contribution in [0, 0.1) is 0 Å². The third kappa shape index (κ3) is 2.70. The summed E-state index contributed by atoms with van der Waals surface area (Å²) in [5.74, 6) is -0.103. The zero-order valence-corrected chi connectivity index (χ0v) is 11.0. The number of carbonyl (C=O) groups is 1. The Bertz CT molecular complexity index is 499. The Labute approximate surface area is 112 Å². The van der Waals surface area contributed by atoms with Gasteiger partial charge in [-0.05, 0) is 24.0 Å². The smallest absolute Gasteiger partial charge is 0.228 e. The van der Waals surface area contributed by atoms with Crippen molar-refractivity contribution in [2.24, 2.45) is 10.9 Å². The van der Waals surface area contributed by atoms with E-state index in [1.54, 1.807) is 0 Å². The fraction of sp³-hybridized carbons (Fsp3) is 0.429. The van der Waals surface area contributed by atoms with Crippen LogP contribution in [0.3, 0.4) is 0 Å². The number of benzene rings is 1. The second kappa shape index (κ2) is 5.73. The van der Waals surface area contributed by atoms with Crippen LogP contribution in [0.4, 0.5) is 0 Å². The first kappa shape index (κ1) is 13.4. The summed E-state index contributed by atoms with van der Waals surface area (Å²) in [6.07, 6.45) is 2.27. The fourth-order valence-corrected chi connectivity index (χ4v) is 2.42. The van der Waals surface area contributed by atoms with E-state index in [1.807, 2.05) is 31.2 Å². The molecule has 0 radical (unpaired) electrons. The number of amides is 1. The molecule has 0 aliphatic heterocycles. The van der Waals surface area contributed by atoms with E-state index in [0.29, 0.717) is 6.42 Å². The van der Waals surface area contributed by atoms with Gasteiger partial charge in [-0.15, -0.1) is 0 Å². The Hall–Kier alpha value is -2.04. The fourth-order valence-electron chi connectivity index (χ4n) is 2.42. The number of fused-ring (bicyclic) bond motifs is 1. The molecule has 0 heterocycles. The van der Waals surface area contributed by atoms with Crippen LogP contribution >= 0.6 is 0 Å². The van der Waals surface area contributed by atoms with Crippen molar-refractivity contribution >= 4 is 11.7 Å². The molecule has 4 N–H and O–H groups in total. The Morgan fingerprint density at radius 1 is 1.58 bits per heavy atom. The highest BCUT2D eigenvalue weighted by Gasteiger charge is 2.33. The van der Waals surface area contributed by atoms with Crippen LogP contribution in [0.5, 0.6) is 0 Å². The van der Waals surface area contributed by atoms with Gasteiger partial charge in [-0.1, -0.05) is 42.8 Å². The predicted octanol–water partition coefficient (Wildman–Crippen LogP) is 1.36. The lowest BCUT2D eigenvalue weighted by molar-refractivity contribution is -0.123. The number of nitrogens with two attached hydrogens (primary N) is 1. The second-order valence-electron chi connectivity index (χ2n) is 4.83. The number of oxime groups is 1. The molecule has 0 aromatic heterocycles. The van der Waals surface area contributed by atoms with Gasteiger partial charge in [0, 0.05) is 0 Å². The summed E-state index contributed by atoms with van der Waals surface area (Å²) in [4.78, 5) is 12.2. The van der Waals surface area contributed by atoms with E-state index in [9.17, 15) is 4.79 Å². The molecule has 0 bridgehead atoms. The van der Waals surface area contributed by atoms with Crippen LogP contribution in [0.25, 0.3) is 0 Å². The summed E-state index contributed by atoms with van der Waals surface area (Å²) in [6, 6.07) is 7.53. The highest BCUT2D eigenvalue weighted by molar-refractivity contribution is 5.93. The first-order valence-corrected chi connectivity index (χ1v) is 6.53. The molecule has 2 atom stereocenters. The van der Waals surface area contributed by atoms with Gasteiger partial charge in [-0.25, -0.2) is 0 Å². The quantitative estimate of drug-likeness (QED) is 0.323. The maximum absolute atomic E-state index is 12.2. The minimum absolute atomic E-state index is 0.0521. The van der Waals surface area contributed by atoms with Gasteiger partial charge in [0.15, 0.2) is 5.84 Å². The van der Waals surface area contributed by atoms with E-state index in [1.165, 1.54) is 5.56 Å². The van der Waals surface area contributed by atoms with E-state index < -0.39 is 6.04 Å². The van der Waals surface area contributed by atoms with Gasteiger partial charge in [-0.2, -0.15) is 0 Å². The Balaban J connectivity index is 2.02. The molecule has 0 fully saturated rings. The molecule has 1 aromatic rings. The average molecular weight is 261 g/mol. The van der Waals surface area contributed by atoms with E-state index >= 15 is 0 Å². The normalized spacial score (nSPS) is 19.2. The van der Waals surface area contributed by atoms with Crippen molar-refractivity contribution in [3.05, 3.63) is 35.4 Å². The lowest BCUT2D eigenvalue weighted by Crippen LogP contribution is -2.47. The van der Waals surface area contributed by atoms with Crippen molar-refractivity contribution in [1.29, 1.82) is 0 Å². The van der Waals surface area contributed by atoms with Crippen LogP contribution < -0.4 is 11.1 Å². The van der Waals surface area contributed by atoms with Crippen LogP contribution in [-0.4, -0.2) is 23.0 Å². The SMILES string of the molecule is CCCC(NC(=O)C1Cc2ccccc21)C(N)=NO. The highest BCUT2D eigenvalue weighted by Crippen LogP contribution is 2.34. The zero-order valence-electron chi connectivity index (χ0n) is 11.0. The summed E-state index contributed by atoms with van der Waals surface area (Å²) in [5.41, 5.74) is 7.89. The predicted molar refractivity (Wildman–Crippen MR) is 73.1 cm³/mol. The molecule has 1 amide bonds. The van der Waals surface area contributed by atoms with Crippen LogP contribution in [0.15, 0.2) is 29.4 Å². The minimum atomic E-state index is -0.393. The van der Waals surface area contributed by atoms with E-state index in [0.717, 1.165) is 18.4 Å². The topological polar surface area (TPSA) is 87.7 Å². The molecule has 2 rings (SSSR count). The minimum Gasteiger partial charge on any atom is -0.409 e. The average Bonchev–Trinajstić information content (AvgIpc) is 2.38. The molecule has 0 saturated heterocycles. The molecular weight excluding hydrogens is 242 g/mol. The molecule has 5 nitrogen and oxygen atoms in total. The molecule has 102 valence electrons. The zero-order chi connectivity index (χ0) is 13.8. The lowest BCUT2D eigenvalue weighted by atomic mass is 9.77. The molecule has 5 heteroatoms. The molecule has 1 aliphatic rings. The number of nitrogens with zero attached hydrogens (tertiary/aromatic N) is 1. The molecular formula is C14H19N3O2. The van der Waals surface area contributed by atoms with Crippen molar-refractivity contribution in [3.8, 4) is 0 Å². The number of hydrogen-bond acceptors (Lipinski definition) is 3. The summed E-state index contributed by atoms with van der Waals surface area (Å²) in [5, 5.41) is 14.6. The van der Waals surface area contributed by atoms with Gasteiger partial charge in [0.05, 0.1) is 12.0 Å². The first-order valence-electron chi connectivity index (χ1n) is 6.53. The van der Waals surface area contributed by atoms with Gasteiger partial charge in [0.1, 0.15) is 0 Å². The monoisotopic (exact) mass is 261 g/mol. The van der Waals surface area contributed by atoms with E-state index in [-0.39, 0.29) is 17.7 Å². The molecule has 1 aromatic carbocycles. The highest BCUT2D eigenvalue weighted by atomic mass is 16.4. The standard InChI is InChI=1S/C14H19N3O2/c1-2-5-12(13(15)17-19)16-14(18)11-8-9-6-3-4-7-10(9)11/h3-4,6-7,11-12,19H,2,5,8H2,1H3,(H2,15,17)(H,16,18). The van der Waals surface area contributed by atoms with Crippen LogP contribution in [-0.2, 0) is 11.2 Å². The van der Waals surface area contributed by atoms with E-state index in [4.69, 9.17) is 10.9 Å². The van der Waals surface area contributed by atoms with Crippen molar-refractivity contribution in [2.75, 3.05) is 0 Å². The maximum atomic E-state index is 12.2. The Kier molecular flexibility index (Phi) is 4.04. The maximum Gasteiger partial charge on any atom is 0.228 e. The third-order valence-electron chi connectivity index (χ3n) is 3.54.